The van der Waals surface area contributed by atoms with E-state index in [0.29, 0.717) is 24.1 Å². The average molecular weight is 246 g/mol. The summed E-state index contributed by atoms with van der Waals surface area (Å²) < 4.78 is 6.70. The Kier molecular flexibility index (Phi) is 2.76. The molecule has 1 N–H and O–H groups in total. The summed E-state index contributed by atoms with van der Waals surface area (Å²) in [5.41, 5.74) is -0.0323. The van der Waals surface area contributed by atoms with Crippen molar-refractivity contribution in [2.24, 2.45) is 0 Å². The van der Waals surface area contributed by atoms with Crippen LogP contribution in [0, 0.1) is 0 Å². The molecular weight excluding hydrogens is 232 g/mol. The highest BCUT2D eigenvalue weighted by Gasteiger charge is 2.18. The summed E-state index contributed by atoms with van der Waals surface area (Å²) in [5, 5.41) is 0.537. The van der Waals surface area contributed by atoms with E-state index >= 15 is 0 Å². The van der Waals surface area contributed by atoms with Gasteiger partial charge in [0.15, 0.2) is 0 Å². The number of aromatic nitrogens is 2. The van der Waals surface area contributed by atoms with Crippen LogP contribution in [0.1, 0.15) is 12.8 Å². The molecule has 1 aliphatic heterocycles. The SMILES string of the molecule is O=c1[nH]c2ccccc2c(=O)n1C[C@@H]1CCCO1. The summed E-state index contributed by atoms with van der Waals surface area (Å²) in [6, 6.07) is 7.04. The number of nitrogens with one attached hydrogen (secondary N) is 1. The predicted molar refractivity (Wildman–Crippen MR) is 67.8 cm³/mol. The van der Waals surface area contributed by atoms with Crippen molar-refractivity contribution in [3.63, 3.8) is 0 Å². The molecule has 3 rings (SSSR count). The van der Waals surface area contributed by atoms with Crippen LogP contribution in [0.3, 0.4) is 0 Å². The van der Waals surface area contributed by atoms with E-state index in [1.807, 2.05) is 0 Å². The Hall–Kier alpha value is -1.88. The maximum atomic E-state index is 12.2. The van der Waals surface area contributed by atoms with Gasteiger partial charge in [0.05, 0.1) is 23.6 Å². The van der Waals surface area contributed by atoms with Gasteiger partial charge in [-0.2, -0.15) is 0 Å². The fourth-order valence-corrected chi connectivity index (χ4v) is 2.36. The van der Waals surface area contributed by atoms with Crippen molar-refractivity contribution in [1.29, 1.82) is 0 Å². The van der Waals surface area contributed by atoms with Gasteiger partial charge >= 0.3 is 5.69 Å². The number of H-pyrrole nitrogens is 1. The lowest BCUT2D eigenvalue weighted by atomic mass is 10.2. The van der Waals surface area contributed by atoms with E-state index in [2.05, 4.69) is 4.98 Å². The number of hydrogen-bond donors (Lipinski definition) is 1. The second-order valence-corrected chi connectivity index (χ2v) is 4.53. The first-order valence-electron chi connectivity index (χ1n) is 6.09. The number of hydrogen-bond acceptors (Lipinski definition) is 3. The van der Waals surface area contributed by atoms with Crippen molar-refractivity contribution >= 4 is 10.9 Å². The maximum absolute atomic E-state index is 12.2. The van der Waals surface area contributed by atoms with E-state index in [-0.39, 0.29) is 17.4 Å². The molecule has 1 saturated heterocycles. The molecule has 1 aromatic heterocycles. The molecule has 0 radical (unpaired) electrons. The second-order valence-electron chi connectivity index (χ2n) is 4.53. The Morgan fingerprint density at radius 1 is 1.33 bits per heavy atom. The van der Waals surface area contributed by atoms with Gasteiger partial charge in [-0.05, 0) is 25.0 Å². The van der Waals surface area contributed by atoms with Crippen LogP contribution in [-0.4, -0.2) is 22.3 Å². The summed E-state index contributed by atoms with van der Waals surface area (Å²) in [6.45, 7) is 1.05. The van der Waals surface area contributed by atoms with Gasteiger partial charge in [0.2, 0.25) is 0 Å². The quantitative estimate of drug-likeness (QED) is 0.855. The molecule has 0 spiro atoms. The Balaban J connectivity index is 2.11. The number of rotatable bonds is 2. The number of aromatic amines is 1. The molecular formula is C13H14N2O3. The Labute approximate surface area is 103 Å². The standard InChI is InChI=1S/C13H14N2O3/c16-12-10-5-1-2-6-11(10)14-13(17)15(12)8-9-4-3-7-18-9/h1-2,5-6,9H,3-4,7-8H2,(H,14,17)/t9-/m0/s1. The monoisotopic (exact) mass is 246 g/mol. The summed E-state index contributed by atoms with van der Waals surface area (Å²) in [6.07, 6.45) is 1.87. The first-order valence-corrected chi connectivity index (χ1v) is 6.09. The highest BCUT2D eigenvalue weighted by molar-refractivity contribution is 5.76. The zero-order valence-corrected chi connectivity index (χ0v) is 9.89. The number of nitrogens with zero attached hydrogens (tertiary/aromatic N) is 1. The normalized spacial score (nSPS) is 19.4. The molecule has 1 fully saturated rings. The van der Waals surface area contributed by atoms with E-state index in [9.17, 15) is 9.59 Å². The van der Waals surface area contributed by atoms with Crippen LogP contribution in [0.15, 0.2) is 33.9 Å². The van der Waals surface area contributed by atoms with Crippen LogP contribution < -0.4 is 11.2 Å². The molecule has 18 heavy (non-hydrogen) atoms. The van der Waals surface area contributed by atoms with Crippen LogP contribution in [0.2, 0.25) is 0 Å². The molecule has 1 atom stereocenters. The maximum Gasteiger partial charge on any atom is 0.328 e. The number of para-hydroxylation sites is 1. The molecule has 5 heteroatoms. The molecule has 5 nitrogen and oxygen atoms in total. The molecule has 0 unspecified atom stereocenters. The van der Waals surface area contributed by atoms with Gasteiger partial charge in [-0.15, -0.1) is 0 Å². The van der Waals surface area contributed by atoms with Crippen LogP contribution >= 0.6 is 0 Å². The summed E-state index contributed by atoms with van der Waals surface area (Å²) in [5.74, 6) is 0. The minimum Gasteiger partial charge on any atom is -0.376 e. The molecule has 0 bridgehead atoms. The van der Waals surface area contributed by atoms with Crippen molar-refractivity contribution in [3.8, 4) is 0 Å². The third-order valence-corrected chi connectivity index (χ3v) is 3.30. The van der Waals surface area contributed by atoms with Crippen LogP contribution in [-0.2, 0) is 11.3 Å². The largest absolute Gasteiger partial charge is 0.376 e. The van der Waals surface area contributed by atoms with Crippen molar-refractivity contribution in [3.05, 3.63) is 45.1 Å². The molecule has 1 aromatic carbocycles. The molecule has 94 valence electrons. The summed E-state index contributed by atoms with van der Waals surface area (Å²) >= 11 is 0. The van der Waals surface area contributed by atoms with Crippen LogP contribution in [0.5, 0.6) is 0 Å². The predicted octanol–water partition coefficient (Wildman–Crippen LogP) is 0.869. The first-order chi connectivity index (χ1) is 8.75. The Morgan fingerprint density at radius 2 is 2.17 bits per heavy atom. The van der Waals surface area contributed by atoms with Crippen LogP contribution in [0.4, 0.5) is 0 Å². The minimum absolute atomic E-state index is 0.0232. The molecule has 0 saturated carbocycles. The van der Waals surface area contributed by atoms with Gasteiger partial charge in [0.25, 0.3) is 5.56 Å². The van der Waals surface area contributed by atoms with Gasteiger partial charge < -0.3 is 9.72 Å². The van der Waals surface area contributed by atoms with E-state index < -0.39 is 0 Å². The van der Waals surface area contributed by atoms with Crippen molar-refractivity contribution in [1.82, 2.24) is 9.55 Å². The molecule has 0 amide bonds. The van der Waals surface area contributed by atoms with Crippen LogP contribution in [0.25, 0.3) is 10.9 Å². The van der Waals surface area contributed by atoms with Crippen molar-refractivity contribution in [2.45, 2.75) is 25.5 Å². The molecule has 2 aromatic rings. The smallest absolute Gasteiger partial charge is 0.328 e. The zero-order valence-electron chi connectivity index (χ0n) is 9.89. The van der Waals surface area contributed by atoms with Gasteiger partial charge in [-0.3, -0.25) is 9.36 Å². The van der Waals surface area contributed by atoms with Gasteiger partial charge in [-0.25, -0.2) is 4.79 Å². The minimum atomic E-state index is -0.366. The van der Waals surface area contributed by atoms with Gasteiger partial charge in [-0.1, -0.05) is 12.1 Å². The topological polar surface area (TPSA) is 64.1 Å². The van der Waals surface area contributed by atoms with E-state index in [1.165, 1.54) is 4.57 Å². The fraction of sp³-hybridized carbons (Fsp3) is 0.385. The highest BCUT2D eigenvalue weighted by Crippen LogP contribution is 2.13. The van der Waals surface area contributed by atoms with E-state index in [4.69, 9.17) is 4.74 Å². The summed E-state index contributed by atoms with van der Waals surface area (Å²) in [7, 11) is 0. The fourth-order valence-electron chi connectivity index (χ4n) is 2.36. The van der Waals surface area contributed by atoms with E-state index in [1.54, 1.807) is 24.3 Å². The van der Waals surface area contributed by atoms with Gasteiger partial charge in [0.1, 0.15) is 0 Å². The molecule has 1 aliphatic rings. The second kappa shape index (κ2) is 4.42. The zero-order chi connectivity index (χ0) is 12.5. The highest BCUT2D eigenvalue weighted by atomic mass is 16.5. The Morgan fingerprint density at radius 3 is 2.94 bits per heavy atom. The molecule has 2 heterocycles. The summed E-state index contributed by atoms with van der Waals surface area (Å²) in [4.78, 5) is 26.8. The van der Waals surface area contributed by atoms with Gasteiger partial charge in [0, 0.05) is 6.61 Å². The lowest BCUT2D eigenvalue weighted by molar-refractivity contribution is 0.0952. The number of benzene rings is 1. The average Bonchev–Trinajstić information content (AvgIpc) is 2.87. The lowest BCUT2D eigenvalue weighted by Gasteiger charge is -2.11. The third-order valence-electron chi connectivity index (χ3n) is 3.30. The number of ether oxygens (including phenoxy) is 1. The molecule has 0 aliphatic carbocycles. The first kappa shape index (κ1) is 11.2. The lowest BCUT2D eigenvalue weighted by Crippen LogP contribution is -2.38. The van der Waals surface area contributed by atoms with Crippen molar-refractivity contribution < 1.29 is 4.74 Å². The third kappa shape index (κ3) is 1.86. The van der Waals surface area contributed by atoms with Crippen molar-refractivity contribution in [2.75, 3.05) is 6.61 Å². The Bertz CT molecular complexity index is 680. The number of fused-ring (bicyclic) bond motifs is 1. The van der Waals surface area contributed by atoms with E-state index in [0.717, 1.165) is 12.8 Å².